The third kappa shape index (κ3) is 4.54. The zero-order chi connectivity index (χ0) is 21.0. The molecule has 0 heterocycles. The lowest BCUT2D eigenvalue weighted by atomic mass is 9.90. The van der Waals surface area contributed by atoms with Gasteiger partial charge in [0.05, 0.1) is 11.3 Å². The first-order valence-corrected chi connectivity index (χ1v) is 8.73. The maximum Gasteiger partial charge on any atom is 0.339 e. The highest BCUT2D eigenvalue weighted by atomic mass is 19.1. The van der Waals surface area contributed by atoms with E-state index in [0.717, 1.165) is 27.8 Å². The molecule has 2 aromatic rings. The Morgan fingerprint density at radius 1 is 0.893 bits per heavy atom. The van der Waals surface area contributed by atoms with Gasteiger partial charge in [-0.1, -0.05) is 12.1 Å². The summed E-state index contributed by atoms with van der Waals surface area (Å²) in [5, 5.41) is 4.20. The number of esters is 1. The van der Waals surface area contributed by atoms with E-state index in [1.165, 1.54) is 18.2 Å². The number of para-hydroxylation sites is 1. The molecule has 2 aromatic carbocycles. The second-order valence-electron chi connectivity index (χ2n) is 6.56. The number of urea groups is 1. The number of benzene rings is 2. The summed E-state index contributed by atoms with van der Waals surface area (Å²) < 4.78 is 18.6. The van der Waals surface area contributed by atoms with Crippen molar-refractivity contribution >= 4 is 23.6 Å². The Labute approximate surface area is 163 Å². The number of rotatable bonds is 4. The fraction of sp³-hybridized carbons (Fsp3) is 0.286. The molecule has 0 aromatic heterocycles. The summed E-state index contributed by atoms with van der Waals surface area (Å²) in [6.45, 7) is 8.86. The van der Waals surface area contributed by atoms with Crippen molar-refractivity contribution in [3.8, 4) is 0 Å². The fourth-order valence-corrected chi connectivity index (χ4v) is 2.89. The highest BCUT2D eigenvalue weighted by Gasteiger charge is 2.20. The Morgan fingerprint density at radius 3 is 2.00 bits per heavy atom. The number of hydrogen-bond acceptors (Lipinski definition) is 4. The van der Waals surface area contributed by atoms with Crippen LogP contribution in [0.4, 0.5) is 14.9 Å². The second kappa shape index (κ2) is 8.65. The van der Waals surface area contributed by atoms with Crippen LogP contribution in [0.15, 0.2) is 24.3 Å². The summed E-state index contributed by atoms with van der Waals surface area (Å²) in [7, 11) is 0. The minimum atomic E-state index is -0.916. The summed E-state index contributed by atoms with van der Waals surface area (Å²) in [5.41, 5.74) is 5.03. The van der Waals surface area contributed by atoms with Gasteiger partial charge in [-0.3, -0.25) is 10.1 Å². The van der Waals surface area contributed by atoms with Gasteiger partial charge in [-0.15, -0.1) is 0 Å². The van der Waals surface area contributed by atoms with Crippen molar-refractivity contribution in [3.05, 3.63) is 63.5 Å². The molecule has 0 aliphatic rings. The van der Waals surface area contributed by atoms with Crippen LogP contribution in [-0.4, -0.2) is 24.5 Å². The molecule has 0 aliphatic carbocycles. The number of amides is 3. The summed E-state index contributed by atoms with van der Waals surface area (Å²) in [4.78, 5) is 36.1. The Balaban J connectivity index is 1.99. The van der Waals surface area contributed by atoms with Crippen molar-refractivity contribution < 1.29 is 23.5 Å². The number of carbonyl (C=O) groups is 3. The van der Waals surface area contributed by atoms with Crippen molar-refractivity contribution in [3.63, 3.8) is 0 Å². The maximum atomic E-state index is 13.5. The summed E-state index contributed by atoms with van der Waals surface area (Å²) in [5.74, 6) is -2.09. The van der Waals surface area contributed by atoms with Crippen LogP contribution in [-0.2, 0) is 9.53 Å². The number of anilines is 1. The standard InChI is InChI=1S/C21H23FN2O4/c1-11-12(2)14(4)19(15(5)13(11)3)20(26)28-10-18(25)24-21(27)23-17-9-7-6-8-16(17)22/h6-9H,10H2,1-5H3,(H2,23,24,25,27). The Kier molecular flexibility index (Phi) is 6.51. The first-order chi connectivity index (χ1) is 13.1. The molecule has 2 N–H and O–H groups in total. The van der Waals surface area contributed by atoms with E-state index in [0.29, 0.717) is 5.56 Å². The first-order valence-electron chi connectivity index (χ1n) is 8.73. The van der Waals surface area contributed by atoms with E-state index >= 15 is 0 Å². The van der Waals surface area contributed by atoms with Gasteiger partial charge in [0.15, 0.2) is 6.61 Å². The van der Waals surface area contributed by atoms with E-state index in [2.05, 4.69) is 5.32 Å². The van der Waals surface area contributed by atoms with Gasteiger partial charge in [0.2, 0.25) is 0 Å². The van der Waals surface area contributed by atoms with Gasteiger partial charge in [0.1, 0.15) is 5.82 Å². The molecular weight excluding hydrogens is 363 g/mol. The molecule has 0 saturated carbocycles. The van der Waals surface area contributed by atoms with Crippen molar-refractivity contribution in [1.29, 1.82) is 0 Å². The molecule has 6 nitrogen and oxygen atoms in total. The average Bonchev–Trinajstić information content (AvgIpc) is 2.65. The largest absolute Gasteiger partial charge is 0.452 e. The number of nitrogens with one attached hydrogen (secondary N) is 2. The van der Waals surface area contributed by atoms with Crippen LogP contribution in [0.5, 0.6) is 0 Å². The molecule has 0 saturated heterocycles. The lowest BCUT2D eigenvalue weighted by Crippen LogP contribution is -2.37. The molecule has 7 heteroatoms. The normalized spacial score (nSPS) is 10.4. The van der Waals surface area contributed by atoms with Crippen molar-refractivity contribution in [2.75, 3.05) is 11.9 Å². The molecule has 3 amide bonds. The third-order valence-electron chi connectivity index (χ3n) is 4.91. The van der Waals surface area contributed by atoms with E-state index in [1.807, 2.05) is 39.9 Å². The second-order valence-corrected chi connectivity index (χ2v) is 6.56. The molecule has 0 radical (unpaired) electrons. The lowest BCUT2D eigenvalue weighted by molar-refractivity contribution is -0.123. The highest BCUT2D eigenvalue weighted by Crippen LogP contribution is 2.26. The molecule has 0 unspecified atom stereocenters. The van der Waals surface area contributed by atoms with Gasteiger partial charge < -0.3 is 10.1 Å². The lowest BCUT2D eigenvalue weighted by Gasteiger charge is -2.17. The number of ether oxygens (including phenoxy) is 1. The smallest absolute Gasteiger partial charge is 0.339 e. The van der Waals surface area contributed by atoms with Crippen LogP contribution in [0.2, 0.25) is 0 Å². The fourth-order valence-electron chi connectivity index (χ4n) is 2.89. The molecule has 2 rings (SSSR count). The van der Waals surface area contributed by atoms with Gasteiger partial charge in [-0.05, 0) is 74.6 Å². The highest BCUT2D eigenvalue weighted by molar-refractivity contribution is 6.02. The molecule has 0 bridgehead atoms. The summed E-state index contributed by atoms with van der Waals surface area (Å²) in [6.07, 6.45) is 0. The molecule has 0 fully saturated rings. The predicted octanol–water partition coefficient (Wildman–Crippen LogP) is 3.87. The topological polar surface area (TPSA) is 84.5 Å². The van der Waals surface area contributed by atoms with Gasteiger partial charge in [-0.25, -0.2) is 14.0 Å². The number of imide groups is 1. The number of halogens is 1. The number of hydrogen-bond donors (Lipinski definition) is 2. The van der Waals surface area contributed by atoms with Gasteiger partial charge in [0.25, 0.3) is 5.91 Å². The quantitative estimate of drug-likeness (QED) is 0.781. The minimum Gasteiger partial charge on any atom is -0.452 e. The van der Waals surface area contributed by atoms with Crippen molar-refractivity contribution in [1.82, 2.24) is 5.32 Å². The Hall–Kier alpha value is -3.22. The van der Waals surface area contributed by atoms with Crippen LogP contribution in [0.25, 0.3) is 0 Å². The zero-order valence-corrected chi connectivity index (χ0v) is 16.5. The SMILES string of the molecule is Cc1c(C)c(C)c(C(=O)OCC(=O)NC(=O)Nc2ccccc2F)c(C)c1C. The molecular formula is C21H23FN2O4. The van der Waals surface area contributed by atoms with E-state index in [-0.39, 0.29) is 5.69 Å². The number of carbonyl (C=O) groups excluding carboxylic acids is 3. The molecule has 0 spiro atoms. The summed E-state index contributed by atoms with van der Waals surface area (Å²) >= 11 is 0. The molecule has 148 valence electrons. The predicted molar refractivity (Wildman–Crippen MR) is 104 cm³/mol. The maximum absolute atomic E-state index is 13.5. The first kappa shape index (κ1) is 21.1. The zero-order valence-electron chi connectivity index (χ0n) is 16.5. The Bertz CT molecular complexity index is 925. The average molecular weight is 386 g/mol. The van der Waals surface area contributed by atoms with Crippen molar-refractivity contribution in [2.45, 2.75) is 34.6 Å². The van der Waals surface area contributed by atoms with Crippen LogP contribution in [0, 0.1) is 40.4 Å². The van der Waals surface area contributed by atoms with Crippen LogP contribution >= 0.6 is 0 Å². The summed E-state index contributed by atoms with van der Waals surface area (Å²) in [6, 6.07) is 4.63. The van der Waals surface area contributed by atoms with E-state index in [4.69, 9.17) is 4.74 Å². The van der Waals surface area contributed by atoms with E-state index in [9.17, 15) is 18.8 Å². The van der Waals surface area contributed by atoms with Gasteiger partial charge in [-0.2, -0.15) is 0 Å². The third-order valence-corrected chi connectivity index (χ3v) is 4.91. The van der Waals surface area contributed by atoms with Crippen LogP contribution < -0.4 is 10.6 Å². The minimum absolute atomic E-state index is 0.0679. The van der Waals surface area contributed by atoms with E-state index in [1.54, 1.807) is 6.07 Å². The Morgan fingerprint density at radius 2 is 1.43 bits per heavy atom. The van der Waals surface area contributed by atoms with Crippen LogP contribution in [0.1, 0.15) is 38.2 Å². The van der Waals surface area contributed by atoms with Crippen molar-refractivity contribution in [2.24, 2.45) is 0 Å². The van der Waals surface area contributed by atoms with Crippen LogP contribution in [0.3, 0.4) is 0 Å². The monoisotopic (exact) mass is 386 g/mol. The van der Waals surface area contributed by atoms with Gasteiger partial charge in [0, 0.05) is 0 Å². The molecule has 28 heavy (non-hydrogen) atoms. The molecule has 0 atom stereocenters. The van der Waals surface area contributed by atoms with Gasteiger partial charge >= 0.3 is 12.0 Å². The molecule has 0 aliphatic heterocycles. The van der Waals surface area contributed by atoms with E-state index < -0.39 is 30.3 Å².